The molecule has 1 unspecified atom stereocenters. The Morgan fingerprint density at radius 1 is 1.06 bits per heavy atom. The van der Waals surface area contributed by atoms with Gasteiger partial charge in [-0.05, 0) is 93.4 Å². The van der Waals surface area contributed by atoms with Crippen molar-refractivity contribution in [3.8, 4) is 16.9 Å². The van der Waals surface area contributed by atoms with Gasteiger partial charge in [0.1, 0.15) is 11.9 Å². The lowest BCUT2D eigenvalue weighted by Gasteiger charge is -2.16. The van der Waals surface area contributed by atoms with Crippen molar-refractivity contribution in [2.24, 2.45) is 5.73 Å². The van der Waals surface area contributed by atoms with Crippen molar-refractivity contribution in [2.75, 3.05) is 0 Å². The summed E-state index contributed by atoms with van der Waals surface area (Å²) in [4.78, 5) is 23.8. The van der Waals surface area contributed by atoms with Crippen LogP contribution in [0.1, 0.15) is 24.0 Å². The molecule has 3 aromatic rings. The first-order valence-corrected chi connectivity index (χ1v) is 11.9. The van der Waals surface area contributed by atoms with E-state index in [4.69, 9.17) is 15.6 Å². The first-order chi connectivity index (χ1) is 15.2. The Morgan fingerprint density at radius 3 is 2.25 bits per heavy atom. The Balaban J connectivity index is 1.77. The molecule has 3 rings (SSSR count). The molecule has 32 heavy (non-hydrogen) atoms. The molecule has 8 heteroatoms. The van der Waals surface area contributed by atoms with Gasteiger partial charge in [-0.3, -0.25) is 9.59 Å². The van der Waals surface area contributed by atoms with Crippen molar-refractivity contribution in [3.05, 3.63) is 84.7 Å². The summed E-state index contributed by atoms with van der Waals surface area (Å²) in [5.41, 5.74) is 8.09. The largest absolute Gasteiger partial charge is 0.480 e. The fourth-order valence-corrected chi connectivity index (χ4v) is 5.26. The number of nitrogens with two attached hydrogens (primary N) is 1. The molecule has 0 spiro atoms. The highest BCUT2D eigenvalue weighted by molar-refractivity contribution is 14.1. The van der Waals surface area contributed by atoms with Crippen LogP contribution in [0.25, 0.3) is 11.1 Å². The van der Waals surface area contributed by atoms with Crippen LogP contribution in [0.4, 0.5) is 4.39 Å². The van der Waals surface area contributed by atoms with Crippen molar-refractivity contribution < 1.29 is 23.8 Å². The standard InChI is InChI=1S/C24H20FI2NO4/c1-13(16-7-8-17(18(25)12-16)15-5-3-2-4-6-15)24(31)32-22-19(26)9-14(10-20(22)27)11-21(28)23(29)30/h2-10,12-13,21H,11,28H2,1H3,(H,29,30)/t13?,21-/m0/s1. The zero-order valence-electron chi connectivity index (χ0n) is 17.0. The van der Waals surface area contributed by atoms with Gasteiger partial charge in [0.25, 0.3) is 0 Å². The quantitative estimate of drug-likeness (QED) is 0.203. The Hall–Kier alpha value is -2.05. The van der Waals surface area contributed by atoms with Crippen LogP contribution in [-0.4, -0.2) is 23.1 Å². The third kappa shape index (κ3) is 5.84. The molecular weight excluding hydrogens is 639 g/mol. The fourth-order valence-electron chi connectivity index (χ4n) is 3.15. The molecule has 0 aliphatic carbocycles. The van der Waals surface area contributed by atoms with Crippen molar-refractivity contribution >= 4 is 57.1 Å². The van der Waals surface area contributed by atoms with Crippen LogP contribution in [0.3, 0.4) is 0 Å². The summed E-state index contributed by atoms with van der Waals surface area (Å²) in [6.07, 6.45) is 0.166. The number of carbonyl (C=O) groups is 2. The summed E-state index contributed by atoms with van der Waals surface area (Å²) in [5.74, 6) is -2.29. The zero-order valence-corrected chi connectivity index (χ0v) is 21.3. The summed E-state index contributed by atoms with van der Waals surface area (Å²) < 4.78 is 21.7. The number of carbonyl (C=O) groups excluding carboxylic acids is 1. The van der Waals surface area contributed by atoms with E-state index < -0.39 is 29.7 Å². The molecule has 0 aliphatic heterocycles. The van der Waals surface area contributed by atoms with E-state index in [2.05, 4.69) is 0 Å². The molecule has 0 radical (unpaired) electrons. The number of ether oxygens (including phenoxy) is 1. The van der Waals surface area contributed by atoms with Crippen molar-refractivity contribution in [3.63, 3.8) is 0 Å². The highest BCUT2D eigenvalue weighted by Gasteiger charge is 2.22. The van der Waals surface area contributed by atoms with E-state index in [1.54, 1.807) is 31.2 Å². The molecule has 0 bridgehead atoms. The predicted molar refractivity (Wildman–Crippen MR) is 137 cm³/mol. The summed E-state index contributed by atoms with van der Waals surface area (Å²) in [6.45, 7) is 1.67. The number of hydrogen-bond acceptors (Lipinski definition) is 4. The monoisotopic (exact) mass is 659 g/mol. The molecule has 2 atom stereocenters. The van der Waals surface area contributed by atoms with Gasteiger partial charge in [0.05, 0.1) is 13.1 Å². The van der Waals surface area contributed by atoms with Crippen LogP contribution in [0.2, 0.25) is 0 Å². The minimum atomic E-state index is -1.08. The predicted octanol–water partition coefficient (Wildman–Crippen LogP) is 5.37. The molecule has 0 aliphatic rings. The van der Waals surface area contributed by atoms with Gasteiger partial charge in [-0.1, -0.05) is 42.5 Å². The van der Waals surface area contributed by atoms with Crippen LogP contribution in [0, 0.1) is 13.0 Å². The smallest absolute Gasteiger partial charge is 0.320 e. The Bertz CT molecular complexity index is 1130. The van der Waals surface area contributed by atoms with Gasteiger partial charge in [0, 0.05) is 5.56 Å². The van der Waals surface area contributed by atoms with Crippen LogP contribution in [0.5, 0.6) is 5.75 Å². The number of rotatable bonds is 7. The number of carboxylic acid groups (broad SMARTS) is 1. The van der Waals surface area contributed by atoms with E-state index >= 15 is 0 Å². The molecule has 3 aromatic carbocycles. The van der Waals surface area contributed by atoms with E-state index in [0.717, 1.165) is 11.1 Å². The molecule has 0 saturated carbocycles. The molecule has 5 nitrogen and oxygen atoms in total. The molecular formula is C24H20FI2NO4. The van der Waals surface area contributed by atoms with Crippen LogP contribution in [0.15, 0.2) is 60.7 Å². The van der Waals surface area contributed by atoms with E-state index in [0.29, 0.717) is 24.0 Å². The lowest BCUT2D eigenvalue weighted by atomic mass is 9.97. The molecule has 0 amide bonds. The second-order valence-electron chi connectivity index (χ2n) is 7.29. The Labute approximate surface area is 212 Å². The molecule has 0 heterocycles. The molecule has 0 fully saturated rings. The maximum atomic E-state index is 14.7. The average molecular weight is 659 g/mol. The normalized spacial score (nSPS) is 12.8. The molecule has 166 valence electrons. The first-order valence-electron chi connectivity index (χ1n) is 9.70. The Morgan fingerprint density at radius 2 is 1.69 bits per heavy atom. The summed E-state index contributed by atoms with van der Waals surface area (Å²) >= 11 is 4.07. The van der Waals surface area contributed by atoms with Crippen molar-refractivity contribution in [1.82, 2.24) is 0 Å². The van der Waals surface area contributed by atoms with Gasteiger partial charge in [-0.15, -0.1) is 0 Å². The summed E-state index contributed by atoms with van der Waals surface area (Å²) in [6, 6.07) is 16.4. The number of benzene rings is 3. The maximum absolute atomic E-state index is 14.7. The van der Waals surface area contributed by atoms with Crippen molar-refractivity contribution in [1.29, 1.82) is 0 Å². The van der Waals surface area contributed by atoms with Gasteiger partial charge in [0.2, 0.25) is 0 Å². The summed E-state index contributed by atoms with van der Waals surface area (Å²) in [7, 11) is 0. The first kappa shape index (κ1) is 24.6. The van der Waals surface area contributed by atoms with Crippen molar-refractivity contribution in [2.45, 2.75) is 25.3 Å². The number of hydrogen-bond donors (Lipinski definition) is 2. The second kappa shape index (κ2) is 10.7. The third-order valence-corrected chi connectivity index (χ3v) is 6.57. The van der Waals surface area contributed by atoms with E-state index in [-0.39, 0.29) is 6.42 Å². The zero-order chi connectivity index (χ0) is 23.4. The lowest BCUT2D eigenvalue weighted by Crippen LogP contribution is -2.32. The van der Waals surface area contributed by atoms with Gasteiger partial charge in [-0.25, -0.2) is 4.39 Å². The maximum Gasteiger partial charge on any atom is 0.320 e. The van der Waals surface area contributed by atoms with Crippen LogP contribution >= 0.6 is 45.2 Å². The molecule has 3 N–H and O–H groups in total. The average Bonchev–Trinajstić information content (AvgIpc) is 2.76. The topological polar surface area (TPSA) is 89.6 Å². The molecule has 0 saturated heterocycles. The fraction of sp³-hybridized carbons (Fsp3) is 0.167. The van der Waals surface area contributed by atoms with Crippen LogP contribution < -0.4 is 10.5 Å². The number of aliphatic carboxylic acids is 1. The number of esters is 1. The lowest BCUT2D eigenvalue weighted by molar-refractivity contribution is -0.138. The van der Waals surface area contributed by atoms with Crippen LogP contribution in [-0.2, 0) is 16.0 Å². The van der Waals surface area contributed by atoms with Gasteiger partial charge in [0.15, 0.2) is 5.75 Å². The SMILES string of the molecule is CC(C(=O)Oc1c(I)cc(C[C@H](N)C(=O)O)cc1I)c1ccc(-c2ccccc2)c(F)c1. The minimum absolute atomic E-state index is 0.166. The number of carboxylic acids is 1. The Kier molecular flexibility index (Phi) is 8.23. The van der Waals surface area contributed by atoms with E-state index in [9.17, 15) is 14.0 Å². The van der Waals surface area contributed by atoms with Gasteiger partial charge in [-0.2, -0.15) is 0 Å². The third-order valence-electron chi connectivity index (χ3n) is 4.97. The highest BCUT2D eigenvalue weighted by Crippen LogP contribution is 2.32. The minimum Gasteiger partial charge on any atom is -0.480 e. The molecule has 0 aromatic heterocycles. The van der Waals surface area contributed by atoms with E-state index in [1.165, 1.54) is 6.07 Å². The van der Waals surface area contributed by atoms with E-state index in [1.807, 2.05) is 75.5 Å². The van der Waals surface area contributed by atoms with Gasteiger partial charge >= 0.3 is 11.9 Å². The highest BCUT2D eigenvalue weighted by atomic mass is 127. The second-order valence-corrected chi connectivity index (χ2v) is 9.61. The van der Waals surface area contributed by atoms with Gasteiger partial charge < -0.3 is 15.6 Å². The summed E-state index contributed by atoms with van der Waals surface area (Å²) in [5, 5.41) is 9.00. The number of halogens is 3.